The van der Waals surface area contributed by atoms with Crippen molar-refractivity contribution in [1.29, 1.82) is 0 Å². The molecule has 0 saturated carbocycles. The molecule has 0 aliphatic carbocycles. The number of benzene rings is 3. The number of fused-ring (bicyclic) bond motifs is 1. The molecule has 48 heavy (non-hydrogen) atoms. The molecule has 1 aromatic heterocycles. The molecule has 250 valence electrons. The van der Waals surface area contributed by atoms with Crippen molar-refractivity contribution in [2.45, 2.75) is 45.2 Å². The van der Waals surface area contributed by atoms with Crippen LogP contribution in [0.1, 0.15) is 47.9 Å². The van der Waals surface area contributed by atoms with Crippen molar-refractivity contribution in [1.82, 2.24) is 15.1 Å². The number of hydrogen-bond donors (Lipinski definition) is 1. The van der Waals surface area contributed by atoms with Crippen LogP contribution in [-0.4, -0.2) is 72.9 Å². The zero-order valence-electron chi connectivity index (χ0n) is 27.0. The predicted molar refractivity (Wildman–Crippen MR) is 185 cm³/mol. The van der Waals surface area contributed by atoms with Crippen LogP contribution >= 0.6 is 11.6 Å². The van der Waals surface area contributed by atoms with E-state index in [2.05, 4.69) is 22.3 Å². The summed E-state index contributed by atoms with van der Waals surface area (Å²) in [7, 11) is 0. The molecule has 3 aromatic carbocycles. The summed E-state index contributed by atoms with van der Waals surface area (Å²) in [6.45, 7) is 5.96. The number of anilines is 1. The van der Waals surface area contributed by atoms with Crippen LogP contribution in [0, 0.1) is 0 Å². The van der Waals surface area contributed by atoms with Gasteiger partial charge in [-0.3, -0.25) is 19.2 Å². The van der Waals surface area contributed by atoms with E-state index in [9.17, 15) is 19.2 Å². The number of para-hydroxylation sites is 1. The number of rotatable bonds is 11. The third-order valence-electron chi connectivity index (χ3n) is 8.81. The van der Waals surface area contributed by atoms with Gasteiger partial charge in [0.25, 0.3) is 5.91 Å². The van der Waals surface area contributed by atoms with E-state index in [0.29, 0.717) is 61.9 Å². The van der Waals surface area contributed by atoms with Gasteiger partial charge in [-0.2, -0.15) is 0 Å². The lowest BCUT2D eigenvalue weighted by Crippen LogP contribution is -2.55. The highest BCUT2D eigenvalue weighted by atomic mass is 35.5. The van der Waals surface area contributed by atoms with Crippen molar-refractivity contribution in [3.63, 3.8) is 0 Å². The van der Waals surface area contributed by atoms with E-state index in [4.69, 9.17) is 20.8 Å². The lowest BCUT2D eigenvalue weighted by Gasteiger charge is -2.38. The van der Waals surface area contributed by atoms with E-state index in [-0.39, 0.29) is 35.0 Å². The van der Waals surface area contributed by atoms with E-state index in [1.807, 2.05) is 36.1 Å². The molecular formula is C37H39ClN4O6. The molecule has 6 rings (SSSR count). The Morgan fingerprint density at radius 1 is 0.958 bits per heavy atom. The molecule has 0 unspecified atom stereocenters. The number of carbonyl (C=O) groups is 3. The Morgan fingerprint density at radius 3 is 2.46 bits per heavy atom. The summed E-state index contributed by atoms with van der Waals surface area (Å²) >= 11 is 6.11. The molecule has 0 spiro atoms. The highest BCUT2D eigenvalue weighted by Gasteiger charge is 2.31. The molecule has 2 aliphatic rings. The third-order valence-corrected chi connectivity index (χ3v) is 9.06. The second kappa shape index (κ2) is 14.9. The number of piperazine rings is 1. The average molecular weight is 671 g/mol. The number of nitrogens with one attached hydrogen (secondary N) is 1. The van der Waals surface area contributed by atoms with Crippen molar-refractivity contribution >= 4 is 46.0 Å². The molecule has 11 heteroatoms. The highest BCUT2D eigenvalue weighted by molar-refractivity contribution is 6.30. The fourth-order valence-electron chi connectivity index (χ4n) is 6.26. The maximum atomic E-state index is 14.0. The molecule has 0 radical (unpaired) electrons. The van der Waals surface area contributed by atoms with Gasteiger partial charge in [-0.1, -0.05) is 48.9 Å². The fraction of sp³-hybridized carbons (Fsp3) is 0.351. The lowest BCUT2D eigenvalue weighted by molar-refractivity contribution is -0.133. The Kier molecular flexibility index (Phi) is 10.3. The standard InChI is InChI=1S/C37H39ClN4O6/c1-2-20-47-28-13-14-33-29(22-28)32(43)23-34(48-33)36(45)39-30(21-25-9-11-27(38)12-10-25)37(46)41-18-16-40(17-19-41)31-7-4-3-6-26(31)24-42-15-5-8-35(42)44/h3-4,6-7,9-14,22-23,30H,2,5,8,15-21,24H2,1H3,(H,39,45)/t30-/m1/s1. The number of likely N-dealkylation sites (tertiary alicyclic amines) is 1. The molecule has 2 aliphatic heterocycles. The van der Waals surface area contributed by atoms with E-state index in [0.717, 1.165) is 42.3 Å². The Morgan fingerprint density at radius 2 is 1.73 bits per heavy atom. The first kappa shape index (κ1) is 33.1. The van der Waals surface area contributed by atoms with E-state index >= 15 is 0 Å². The van der Waals surface area contributed by atoms with Gasteiger partial charge in [0.1, 0.15) is 17.4 Å². The van der Waals surface area contributed by atoms with Gasteiger partial charge >= 0.3 is 0 Å². The van der Waals surface area contributed by atoms with Crippen LogP contribution in [0.2, 0.25) is 5.02 Å². The van der Waals surface area contributed by atoms with Crippen LogP contribution in [-0.2, 0) is 22.6 Å². The smallest absolute Gasteiger partial charge is 0.287 e. The summed E-state index contributed by atoms with van der Waals surface area (Å²) in [6.07, 6.45) is 2.54. The number of hydrogen-bond acceptors (Lipinski definition) is 7. The Labute approximate surface area is 284 Å². The Balaban J connectivity index is 1.17. The topological polar surface area (TPSA) is 112 Å². The minimum absolute atomic E-state index is 0.179. The molecule has 3 heterocycles. The van der Waals surface area contributed by atoms with E-state index in [1.165, 1.54) is 0 Å². The van der Waals surface area contributed by atoms with Crippen LogP contribution < -0.4 is 20.4 Å². The van der Waals surface area contributed by atoms with Crippen LogP contribution in [0.15, 0.2) is 82.0 Å². The second-order valence-corrected chi connectivity index (χ2v) is 12.6. The van der Waals surface area contributed by atoms with Gasteiger partial charge in [-0.15, -0.1) is 0 Å². The highest BCUT2D eigenvalue weighted by Crippen LogP contribution is 2.26. The largest absolute Gasteiger partial charge is 0.494 e. The zero-order valence-corrected chi connectivity index (χ0v) is 27.7. The van der Waals surface area contributed by atoms with Gasteiger partial charge in [-0.25, -0.2) is 0 Å². The normalized spacial score (nSPS) is 15.5. The minimum atomic E-state index is -0.912. The predicted octanol–water partition coefficient (Wildman–Crippen LogP) is 5.05. The van der Waals surface area contributed by atoms with Crippen molar-refractivity contribution in [3.8, 4) is 5.75 Å². The summed E-state index contributed by atoms with van der Waals surface area (Å²) in [6, 6.07) is 20.4. The minimum Gasteiger partial charge on any atom is -0.494 e. The summed E-state index contributed by atoms with van der Waals surface area (Å²) in [4.78, 5) is 58.8. The first-order valence-electron chi connectivity index (χ1n) is 16.4. The Hall–Kier alpha value is -4.83. The first-order valence-corrected chi connectivity index (χ1v) is 16.8. The van der Waals surface area contributed by atoms with E-state index in [1.54, 1.807) is 35.2 Å². The molecular weight excluding hydrogens is 632 g/mol. The maximum Gasteiger partial charge on any atom is 0.287 e. The van der Waals surface area contributed by atoms with Gasteiger partial charge in [0.05, 0.1) is 12.0 Å². The molecule has 3 amide bonds. The van der Waals surface area contributed by atoms with Gasteiger partial charge in [0, 0.05) is 68.9 Å². The van der Waals surface area contributed by atoms with Gasteiger partial charge in [0.15, 0.2) is 11.2 Å². The fourth-order valence-corrected chi connectivity index (χ4v) is 6.39. The molecule has 2 saturated heterocycles. The molecule has 4 aromatic rings. The number of carbonyl (C=O) groups excluding carboxylic acids is 3. The SMILES string of the molecule is CCCOc1ccc2oc(C(=O)N[C@H](Cc3ccc(Cl)cc3)C(=O)N3CCN(c4ccccc4CN4CCCC4=O)CC3)cc(=O)c2c1. The number of nitrogens with zero attached hydrogens (tertiary/aromatic N) is 3. The summed E-state index contributed by atoms with van der Waals surface area (Å²) in [5.74, 6) is -0.330. The van der Waals surface area contributed by atoms with Gasteiger partial charge in [0.2, 0.25) is 11.8 Å². The molecule has 10 nitrogen and oxygen atoms in total. The third kappa shape index (κ3) is 7.65. The Bertz CT molecular complexity index is 1850. The van der Waals surface area contributed by atoms with Gasteiger partial charge in [-0.05, 0) is 60.4 Å². The monoisotopic (exact) mass is 670 g/mol. The lowest BCUT2D eigenvalue weighted by atomic mass is 10.0. The quantitative estimate of drug-likeness (QED) is 0.238. The van der Waals surface area contributed by atoms with Crippen LogP contribution in [0.3, 0.4) is 0 Å². The molecule has 1 atom stereocenters. The molecule has 1 N–H and O–H groups in total. The first-order chi connectivity index (χ1) is 23.3. The average Bonchev–Trinajstić information content (AvgIpc) is 3.51. The second-order valence-electron chi connectivity index (χ2n) is 12.2. The van der Waals surface area contributed by atoms with Gasteiger partial charge < -0.3 is 29.2 Å². The summed E-state index contributed by atoms with van der Waals surface area (Å²) in [5, 5.41) is 3.72. The molecule has 0 bridgehead atoms. The number of ether oxygens (including phenoxy) is 1. The maximum absolute atomic E-state index is 14.0. The van der Waals surface area contributed by atoms with Crippen molar-refractivity contribution in [3.05, 3.63) is 105 Å². The van der Waals surface area contributed by atoms with E-state index < -0.39 is 11.9 Å². The molecule has 2 fully saturated rings. The number of halogens is 1. The van der Waals surface area contributed by atoms with Crippen molar-refractivity contribution in [2.75, 3.05) is 44.2 Å². The zero-order chi connectivity index (χ0) is 33.6. The van der Waals surface area contributed by atoms with Crippen LogP contribution in [0.25, 0.3) is 11.0 Å². The van der Waals surface area contributed by atoms with Crippen molar-refractivity contribution < 1.29 is 23.5 Å². The summed E-state index contributed by atoms with van der Waals surface area (Å²) < 4.78 is 11.5. The summed E-state index contributed by atoms with van der Waals surface area (Å²) in [5.41, 5.74) is 2.84. The van der Waals surface area contributed by atoms with Crippen LogP contribution in [0.5, 0.6) is 5.75 Å². The van der Waals surface area contributed by atoms with Crippen LogP contribution in [0.4, 0.5) is 5.69 Å². The van der Waals surface area contributed by atoms with Crippen molar-refractivity contribution in [2.24, 2.45) is 0 Å². The number of amides is 3.